The van der Waals surface area contributed by atoms with Gasteiger partial charge >= 0.3 is 26.7 Å². The summed E-state index contributed by atoms with van der Waals surface area (Å²) in [6.07, 6.45) is 0. The van der Waals surface area contributed by atoms with Crippen LogP contribution in [-0.2, 0) is 3.83 Å². The average molecular weight is 255 g/mol. The summed E-state index contributed by atoms with van der Waals surface area (Å²) in [5.74, 6) is 0.125. The number of aromatic nitrogens is 3. The van der Waals surface area contributed by atoms with Crippen LogP contribution in [0.5, 0.6) is 0 Å². The Hall–Kier alpha value is -1.35. The molecule has 0 aliphatic carbocycles. The number of hydrogen-bond acceptors (Lipinski definition) is 7. The van der Waals surface area contributed by atoms with Crippen molar-refractivity contribution in [1.29, 1.82) is 0 Å². The monoisotopic (exact) mass is 256 g/mol. The predicted octanol–water partition coefficient (Wildman–Crippen LogP) is -3.00. The van der Waals surface area contributed by atoms with Gasteiger partial charge in [-0.15, -0.1) is 0 Å². The van der Waals surface area contributed by atoms with Gasteiger partial charge in [-0.25, -0.2) is 0 Å². The van der Waals surface area contributed by atoms with Gasteiger partial charge in [-0.3, -0.25) is 0 Å². The summed E-state index contributed by atoms with van der Waals surface area (Å²) in [6, 6.07) is 0. The maximum atomic E-state index is 8.76. The van der Waals surface area contributed by atoms with Crippen molar-refractivity contribution >= 4 is 32.3 Å². The number of rotatable bonds is 0. The number of nitrogen functional groups attached to an aromatic ring is 3. The first kappa shape index (κ1) is 11.6. The zero-order chi connectivity index (χ0) is 10.4. The fourth-order valence-electron chi connectivity index (χ4n) is 0.427. The Morgan fingerprint density at radius 3 is 1.23 bits per heavy atom. The number of nitrogens with two attached hydrogens (primary N) is 3. The Balaban J connectivity index is 0.000000310. The van der Waals surface area contributed by atoms with Crippen LogP contribution in [-0.4, -0.2) is 37.8 Å². The first-order valence-electron chi connectivity index (χ1n) is 2.74. The number of hydrogen-bond donors (Lipinski definition) is 5. The molecule has 9 nitrogen and oxygen atoms in total. The van der Waals surface area contributed by atoms with Crippen LogP contribution in [0.15, 0.2) is 0 Å². The first-order valence-corrected chi connectivity index (χ1v) is 4.97. The van der Waals surface area contributed by atoms with E-state index in [1.165, 1.54) is 0 Å². The van der Waals surface area contributed by atoms with Crippen LogP contribution >= 0.6 is 0 Å². The molecule has 0 aliphatic rings. The number of nitrogens with zero attached hydrogens (tertiary/aromatic N) is 3. The van der Waals surface area contributed by atoms with Gasteiger partial charge in [0.05, 0.1) is 0 Å². The van der Waals surface area contributed by atoms with Crippen LogP contribution < -0.4 is 17.2 Å². The van der Waals surface area contributed by atoms with Gasteiger partial charge < -0.3 is 17.2 Å². The quantitative estimate of drug-likeness (QED) is 0.302. The van der Waals surface area contributed by atoms with Gasteiger partial charge in [0, 0.05) is 0 Å². The third kappa shape index (κ3) is 7.03. The van der Waals surface area contributed by atoms with Crippen molar-refractivity contribution in [3.05, 3.63) is 0 Å². The Morgan fingerprint density at radius 1 is 0.923 bits per heavy atom. The fraction of sp³-hybridized carbons (Fsp3) is 0. The van der Waals surface area contributed by atoms with Gasteiger partial charge in [-0.2, -0.15) is 15.0 Å². The van der Waals surface area contributed by atoms with Crippen molar-refractivity contribution in [3.8, 4) is 0 Å². The molecule has 74 valence electrons. The van der Waals surface area contributed by atoms with Crippen LogP contribution in [0.4, 0.5) is 17.8 Å². The molecule has 1 aromatic rings. The van der Waals surface area contributed by atoms with Crippen LogP contribution in [0, 0.1) is 0 Å². The van der Waals surface area contributed by atoms with Crippen molar-refractivity contribution in [3.63, 3.8) is 0 Å². The number of anilines is 3. The van der Waals surface area contributed by atoms with E-state index < -0.39 is 14.5 Å². The van der Waals surface area contributed by atoms with E-state index in [4.69, 9.17) is 29.4 Å². The van der Waals surface area contributed by atoms with Crippen LogP contribution in [0.3, 0.4) is 0 Å². The third-order valence-electron chi connectivity index (χ3n) is 0.687. The molecule has 0 radical (unpaired) electrons. The molecule has 0 aromatic carbocycles. The second-order valence-corrected chi connectivity index (χ2v) is 2.61. The molecule has 13 heavy (non-hydrogen) atoms. The van der Waals surface area contributed by atoms with E-state index in [9.17, 15) is 0 Å². The van der Waals surface area contributed by atoms with E-state index in [1.807, 2.05) is 0 Å². The van der Waals surface area contributed by atoms with Gasteiger partial charge in [0.15, 0.2) is 0 Å². The van der Waals surface area contributed by atoms with E-state index >= 15 is 0 Å². The van der Waals surface area contributed by atoms with E-state index in [0.29, 0.717) is 0 Å². The molecule has 0 bridgehead atoms. The first-order chi connectivity index (χ1) is 5.91. The predicted molar refractivity (Wildman–Crippen MR) is 43.9 cm³/mol. The molecule has 1 aromatic heterocycles. The molecule has 10 heteroatoms. The third-order valence-corrected chi connectivity index (χ3v) is 0.687. The van der Waals surface area contributed by atoms with E-state index in [-0.39, 0.29) is 17.8 Å². The van der Waals surface area contributed by atoms with Gasteiger partial charge in [-0.05, 0) is 0 Å². The fourth-order valence-corrected chi connectivity index (χ4v) is 0.427. The molecular formula is C3H8N6O3Se. The second kappa shape index (κ2) is 5.32. The van der Waals surface area contributed by atoms with Gasteiger partial charge in [0.25, 0.3) is 0 Å². The Morgan fingerprint density at radius 2 is 1.08 bits per heavy atom. The summed E-state index contributed by atoms with van der Waals surface area (Å²) < 4.78 is 23.1. The van der Waals surface area contributed by atoms with E-state index in [0.717, 1.165) is 0 Å². The normalized spacial score (nSPS) is 9.15. The van der Waals surface area contributed by atoms with Crippen molar-refractivity contribution in [2.45, 2.75) is 0 Å². The van der Waals surface area contributed by atoms with Crippen molar-refractivity contribution in [2.24, 2.45) is 0 Å². The van der Waals surface area contributed by atoms with Crippen molar-refractivity contribution in [2.75, 3.05) is 17.2 Å². The van der Waals surface area contributed by atoms with Crippen LogP contribution in [0.1, 0.15) is 0 Å². The van der Waals surface area contributed by atoms with Gasteiger partial charge in [-0.1, -0.05) is 0 Å². The molecule has 0 unspecified atom stereocenters. The summed E-state index contributed by atoms with van der Waals surface area (Å²) >= 11 is -3.29. The topological polar surface area (TPSA) is 174 Å². The zero-order valence-corrected chi connectivity index (χ0v) is 8.00. The molecule has 0 saturated carbocycles. The summed E-state index contributed by atoms with van der Waals surface area (Å²) in [6.45, 7) is 0. The SMILES string of the molecule is Nc1nc(N)nc(N)n1.O=[Se](O)O. The maximum absolute atomic E-state index is 8.76. The average Bonchev–Trinajstić information content (AvgIpc) is 1.80. The minimum atomic E-state index is -3.29. The molecular weight excluding hydrogens is 247 g/mol. The molecule has 0 aliphatic heterocycles. The molecule has 0 amide bonds. The molecule has 0 saturated heterocycles. The standard InChI is InChI=1S/C3H6N6.H2O3Se/c4-1-7-2(5)9-3(6)8-1;1-4(2)3/h(H6,4,5,6,7,8,9);(H2,1,2,3). The molecule has 0 spiro atoms. The summed E-state index contributed by atoms with van der Waals surface area (Å²) in [7, 11) is 0. The van der Waals surface area contributed by atoms with E-state index in [1.54, 1.807) is 0 Å². The van der Waals surface area contributed by atoms with Gasteiger partial charge in [0.2, 0.25) is 17.8 Å². The van der Waals surface area contributed by atoms with Crippen LogP contribution in [0.2, 0.25) is 0 Å². The van der Waals surface area contributed by atoms with E-state index in [2.05, 4.69) is 15.0 Å². The summed E-state index contributed by atoms with van der Waals surface area (Å²) in [5, 5.41) is 0. The summed E-state index contributed by atoms with van der Waals surface area (Å²) in [4.78, 5) is 10.5. The second-order valence-electron chi connectivity index (χ2n) is 1.64. The molecule has 0 atom stereocenters. The molecule has 1 heterocycles. The Bertz CT molecular complexity index is 251. The summed E-state index contributed by atoms with van der Waals surface area (Å²) in [5.41, 5.74) is 15.4. The molecule has 1 rings (SSSR count). The minimum absolute atomic E-state index is 0.0417. The molecule has 0 fully saturated rings. The van der Waals surface area contributed by atoms with Crippen LogP contribution in [0.25, 0.3) is 0 Å². The van der Waals surface area contributed by atoms with Crippen molar-refractivity contribution in [1.82, 2.24) is 15.0 Å². The molecule has 8 N–H and O–H groups in total. The Labute approximate surface area is 77.4 Å². The van der Waals surface area contributed by atoms with Gasteiger partial charge in [0.1, 0.15) is 0 Å². The Kier molecular flexibility index (Phi) is 4.77. The zero-order valence-electron chi connectivity index (χ0n) is 6.28. The van der Waals surface area contributed by atoms with Crippen molar-refractivity contribution < 1.29 is 12.2 Å².